The Labute approximate surface area is 246 Å². The number of amides is 2. The van der Waals surface area contributed by atoms with Gasteiger partial charge in [0.1, 0.15) is 6.61 Å². The van der Waals surface area contributed by atoms with Crippen molar-refractivity contribution in [2.75, 3.05) is 33.4 Å². The molecule has 1 aromatic heterocycles. The van der Waals surface area contributed by atoms with Crippen LogP contribution in [0.5, 0.6) is 0 Å². The van der Waals surface area contributed by atoms with Crippen LogP contribution in [0.3, 0.4) is 0 Å². The number of methoxy groups -OCH3 is 1. The molecule has 1 aliphatic rings. The summed E-state index contributed by atoms with van der Waals surface area (Å²) in [6, 6.07) is 22.4. The van der Waals surface area contributed by atoms with E-state index in [4.69, 9.17) is 9.47 Å². The number of hydrogen-bond donors (Lipinski definition) is 0. The van der Waals surface area contributed by atoms with Gasteiger partial charge in [-0.05, 0) is 48.2 Å². The van der Waals surface area contributed by atoms with Crippen molar-refractivity contribution >= 4 is 27.7 Å². The van der Waals surface area contributed by atoms with Crippen molar-refractivity contribution in [2.24, 2.45) is 0 Å². The van der Waals surface area contributed by atoms with E-state index in [1.165, 1.54) is 12.0 Å². The van der Waals surface area contributed by atoms with Gasteiger partial charge in [-0.2, -0.15) is 0 Å². The maximum atomic E-state index is 13.9. The Morgan fingerprint density at radius 1 is 0.925 bits per heavy atom. The minimum atomic E-state index is -0.205. The monoisotopic (exact) mass is 609 g/mol. The molecule has 2 aromatic carbocycles. The lowest BCUT2D eigenvalue weighted by Gasteiger charge is -2.36. The van der Waals surface area contributed by atoms with Gasteiger partial charge in [0.05, 0.1) is 26.3 Å². The van der Waals surface area contributed by atoms with E-state index in [2.05, 4.69) is 44.9 Å². The van der Waals surface area contributed by atoms with Crippen molar-refractivity contribution in [1.82, 2.24) is 14.4 Å². The second-order valence-electron chi connectivity index (χ2n) is 10.4. The molecule has 1 aliphatic carbocycles. The summed E-state index contributed by atoms with van der Waals surface area (Å²) in [5.41, 5.74) is 3.29. The first kappa shape index (κ1) is 30.0. The first-order chi connectivity index (χ1) is 19.5. The molecular weight excluding hydrogens is 570 g/mol. The zero-order valence-electron chi connectivity index (χ0n) is 23.3. The standard InChI is InChI=1S/C32H40BrN3O4/c1-39-20-19-35(32(38)25-40-24-27-9-4-2-5-10-27)23-31(37)36(29-11-6-3-7-12-29)22-30-13-8-18-34(30)21-26-14-16-28(33)17-15-26/h2,4-5,8-10,13-18,29H,3,6-7,11-12,19-25H2,1H3. The van der Waals surface area contributed by atoms with Gasteiger partial charge in [0.2, 0.25) is 11.8 Å². The molecule has 0 N–H and O–H groups in total. The summed E-state index contributed by atoms with van der Waals surface area (Å²) in [6.07, 6.45) is 7.49. The summed E-state index contributed by atoms with van der Waals surface area (Å²) in [6.45, 7) is 2.24. The van der Waals surface area contributed by atoms with Crippen LogP contribution in [0.15, 0.2) is 77.4 Å². The summed E-state index contributed by atoms with van der Waals surface area (Å²) in [5.74, 6) is -0.237. The Balaban J connectivity index is 1.44. The van der Waals surface area contributed by atoms with Gasteiger partial charge in [0.15, 0.2) is 0 Å². The lowest BCUT2D eigenvalue weighted by atomic mass is 9.94. The van der Waals surface area contributed by atoms with Gasteiger partial charge in [-0.25, -0.2) is 0 Å². The predicted molar refractivity (Wildman–Crippen MR) is 160 cm³/mol. The number of carbonyl (C=O) groups excluding carboxylic acids is 2. The topological polar surface area (TPSA) is 64.0 Å². The number of carbonyl (C=O) groups is 2. The van der Waals surface area contributed by atoms with E-state index in [0.717, 1.165) is 48.0 Å². The van der Waals surface area contributed by atoms with Crippen molar-refractivity contribution in [2.45, 2.75) is 57.8 Å². The third-order valence-corrected chi connectivity index (χ3v) is 7.97. The van der Waals surface area contributed by atoms with Crippen LogP contribution in [-0.2, 0) is 38.8 Å². The summed E-state index contributed by atoms with van der Waals surface area (Å²) in [7, 11) is 1.60. The van der Waals surface area contributed by atoms with E-state index >= 15 is 0 Å². The van der Waals surface area contributed by atoms with Gasteiger partial charge in [-0.15, -0.1) is 0 Å². The van der Waals surface area contributed by atoms with Crippen molar-refractivity contribution in [1.29, 1.82) is 0 Å². The number of benzene rings is 2. The van der Waals surface area contributed by atoms with E-state index in [1.54, 1.807) is 12.0 Å². The average Bonchev–Trinajstić information content (AvgIpc) is 3.42. The summed E-state index contributed by atoms with van der Waals surface area (Å²) < 4.78 is 14.2. The van der Waals surface area contributed by atoms with E-state index in [1.807, 2.05) is 53.4 Å². The highest BCUT2D eigenvalue weighted by atomic mass is 79.9. The average molecular weight is 611 g/mol. The molecule has 0 spiro atoms. The van der Waals surface area contributed by atoms with E-state index in [0.29, 0.717) is 26.3 Å². The molecule has 3 aromatic rings. The molecule has 0 atom stereocenters. The SMILES string of the molecule is COCCN(CC(=O)N(Cc1cccn1Cc1ccc(Br)cc1)C1CCCCC1)C(=O)COCc1ccccc1. The maximum Gasteiger partial charge on any atom is 0.249 e. The Hall–Kier alpha value is -2.94. The van der Waals surface area contributed by atoms with Gasteiger partial charge >= 0.3 is 0 Å². The molecule has 0 aliphatic heterocycles. The van der Waals surface area contributed by atoms with Gasteiger partial charge < -0.3 is 23.8 Å². The molecule has 214 valence electrons. The Morgan fingerprint density at radius 2 is 1.68 bits per heavy atom. The van der Waals surface area contributed by atoms with Gasteiger partial charge in [-0.3, -0.25) is 9.59 Å². The van der Waals surface area contributed by atoms with E-state index in [-0.39, 0.29) is 31.0 Å². The Bertz CT molecular complexity index is 1190. The lowest BCUT2D eigenvalue weighted by molar-refractivity contribution is -0.146. The molecule has 1 saturated carbocycles. The highest BCUT2D eigenvalue weighted by Crippen LogP contribution is 2.25. The molecule has 8 heteroatoms. The number of halogens is 1. The fourth-order valence-electron chi connectivity index (χ4n) is 5.19. The van der Waals surface area contributed by atoms with Crippen LogP contribution >= 0.6 is 15.9 Å². The zero-order valence-corrected chi connectivity index (χ0v) is 24.9. The minimum Gasteiger partial charge on any atom is -0.383 e. The van der Waals surface area contributed by atoms with Crippen LogP contribution in [0.25, 0.3) is 0 Å². The molecule has 0 bridgehead atoms. The van der Waals surface area contributed by atoms with Crippen LogP contribution in [0, 0.1) is 0 Å². The van der Waals surface area contributed by atoms with Crippen LogP contribution in [0.1, 0.15) is 48.9 Å². The van der Waals surface area contributed by atoms with E-state index < -0.39 is 0 Å². The van der Waals surface area contributed by atoms with Gasteiger partial charge in [0.25, 0.3) is 0 Å². The summed E-state index contributed by atoms with van der Waals surface area (Å²) in [5, 5.41) is 0. The second-order valence-corrected chi connectivity index (χ2v) is 11.3. The molecule has 1 heterocycles. The van der Waals surface area contributed by atoms with Crippen LogP contribution in [0.4, 0.5) is 0 Å². The predicted octanol–water partition coefficient (Wildman–Crippen LogP) is 5.65. The van der Waals surface area contributed by atoms with Crippen molar-refractivity contribution in [3.8, 4) is 0 Å². The summed E-state index contributed by atoms with van der Waals surface area (Å²) >= 11 is 3.51. The highest BCUT2D eigenvalue weighted by molar-refractivity contribution is 9.10. The molecule has 0 radical (unpaired) electrons. The van der Waals surface area contributed by atoms with Gasteiger partial charge in [-0.1, -0.05) is 77.7 Å². The van der Waals surface area contributed by atoms with E-state index in [9.17, 15) is 9.59 Å². The van der Waals surface area contributed by atoms with Crippen LogP contribution in [0.2, 0.25) is 0 Å². The largest absolute Gasteiger partial charge is 0.383 e. The number of hydrogen-bond acceptors (Lipinski definition) is 4. The zero-order chi connectivity index (χ0) is 28.2. The van der Waals surface area contributed by atoms with Crippen molar-refractivity contribution < 1.29 is 19.1 Å². The number of nitrogens with zero attached hydrogens (tertiary/aromatic N) is 3. The van der Waals surface area contributed by atoms with Crippen LogP contribution in [-0.4, -0.2) is 65.6 Å². The third-order valence-electron chi connectivity index (χ3n) is 7.44. The fourth-order valence-corrected chi connectivity index (χ4v) is 5.46. The molecule has 40 heavy (non-hydrogen) atoms. The normalized spacial score (nSPS) is 13.8. The number of aromatic nitrogens is 1. The van der Waals surface area contributed by atoms with Crippen molar-refractivity contribution in [3.05, 3.63) is 94.2 Å². The molecule has 4 rings (SSSR count). The second kappa shape index (κ2) is 15.7. The number of ether oxygens (including phenoxy) is 2. The molecule has 0 saturated heterocycles. The lowest BCUT2D eigenvalue weighted by Crippen LogP contribution is -2.48. The Kier molecular flexibility index (Phi) is 11.8. The first-order valence-corrected chi connectivity index (χ1v) is 14.9. The van der Waals surface area contributed by atoms with Crippen molar-refractivity contribution in [3.63, 3.8) is 0 Å². The highest BCUT2D eigenvalue weighted by Gasteiger charge is 2.29. The molecule has 2 amide bonds. The van der Waals surface area contributed by atoms with Crippen LogP contribution < -0.4 is 0 Å². The van der Waals surface area contributed by atoms with Gasteiger partial charge in [0, 0.05) is 42.6 Å². The number of rotatable bonds is 14. The minimum absolute atomic E-state index is 0.0147. The molecule has 1 fully saturated rings. The smallest absolute Gasteiger partial charge is 0.249 e. The third kappa shape index (κ3) is 9.04. The molecular formula is C32H40BrN3O4. The molecule has 7 nitrogen and oxygen atoms in total. The maximum absolute atomic E-state index is 13.9. The Morgan fingerprint density at radius 3 is 2.40 bits per heavy atom. The molecule has 0 unspecified atom stereocenters. The summed E-state index contributed by atoms with van der Waals surface area (Å²) in [4.78, 5) is 30.6. The quantitative estimate of drug-likeness (QED) is 0.237. The first-order valence-electron chi connectivity index (χ1n) is 14.1. The fraction of sp³-hybridized carbons (Fsp3) is 0.438.